The number of ether oxygens (including phenoxy) is 1. The molecule has 1 aliphatic heterocycles. The molecule has 1 aliphatic rings. The zero-order valence-corrected chi connectivity index (χ0v) is 17.8. The number of hydrogen-bond acceptors (Lipinski definition) is 3. The van der Waals surface area contributed by atoms with E-state index < -0.39 is 0 Å². The highest BCUT2D eigenvalue weighted by Crippen LogP contribution is 2.34. The van der Waals surface area contributed by atoms with Gasteiger partial charge in [0.15, 0.2) is 0 Å². The van der Waals surface area contributed by atoms with Crippen LogP contribution in [0.2, 0.25) is 0 Å². The molecular formula is C26H25FN2O3. The van der Waals surface area contributed by atoms with E-state index in [1.807, 2.05) is 30.3 Å². The Morgan fingerprint density at radius 1 is 1.00 bits per heavy atom. The smallest absolute Gasteiger partial charge is 0.254 e. The topological polar surface area (TPSA) is 58.6 Å². The Hall–Kier alpha value is -3.67. The zero-order valence-electron chi connectivity index (χ0n) is 17.8. The standard InChI is InChI=1S/C26H25FN2O3/c1-32-22-9-5-8-20(14-22)26(31)29-16-23(19-6-3-2-4-7-19)24(17-29)25(30)28-15-18-10-12-21(27)13-11-18/h2-14,23-24H,15-17H2,1H3,(H,28,30)/t23-,24+/m0/s1. The average Bonchev–Trinajstić information content (AvgIpc) is 3.29. The van der Waals surface area contributed by atoms with Gasteiger partial charge in [-0.3, -0.25) is 9.59 Å². The van der Waals surface area contributed by atoms with Crippen LogP contribution in [0.25, 0.3) is 0 Å². The number of rotatable bonds is 6. The first-order valence-electron chi connectivity index (χ1n) is 10.6. The lowest BCUT2D eigenvalue weighted by Gasteiger charge is -2.18. The minimum Gasteiger partial charge on any atom is -0.497 e. The number of benzene rings is 3. The average molecular weight is 432 g/mol. The van der Waals surface area contributed by atoms with Crippen molar-refractivity contribution in [3.05, 3.63) is 101 Å². The van der Waals surface area contributed by atoms with Crippen molar-refractivity contribution in [3.8, 4) is 5.75 Å². The summed E-state index contributed by atoms with van der Waals surface area (Å²) < 4.78 is 18.4. The van der Waals surface area contributed by atoms with Gasteiger partial charge in [0.2, 0.25) is 5.91 Å². The zero-order chi connectivity index (χ0) is 22.5. The molecule has 2 amide bonds. The van der Waals surface area contributed by atoms with E-state index >= 15 is 0 Å². The third-order valence-electron chi connectivity index (χ3n) is 5.87. The molecule has 1 saturated heterocycles. The largest absolute Gasteiger partial charge is 0.497 e. The van der Waals surface area contributed by atoms with Crippen molar-refractivity contribution in [1.82, 2.24) is 10.2 Å². The second-order valence-corrected chi connectivity index (χ2v) is 7.91. The van der Waals surface area contributed by atoms with Crippen molar-refractivity contribution in [3.63, 3.8) is 0 Å². The fraction of sp³-hybridized carbons (Fsp3) is 0.231. The Kier molecular flexibility index (Phi) is 6.50. The molecule has 0 radical (unpaired) electrons. The van der Waals surface area contributed by atoms with E-state index in [1.54, 1.807) is 48.4 Å². The molecule has 4 rings (SSSR count). The molecule has 0 aliphatic carbocycles. The van der Waals surface area contributed by atoms with Gasteiger partial charge in [0.05, 0.1) is 13.0 Å². The fourth-order valence-electron chi connectivity index (χ4n) is 4.13. The van der Waals surface area contributed by atoms with E-state index in [0.29, 0.717) is 30.9 Å². The summed E-state index contributed by atoms with van der Waals surface area (Å²) >= 11 is 0. The van der Waals surface area contributed by atoms with Gasteiger partial charge >= 0.3 is 0 Å². The molecule has 32 heavy (non-hydrogen) atoms. The predicted octanol–water partition coefficient (Wildman–Crippen LogP) is 4.01. The van der Waals surface area contributed by atoms with Gasteiger partial charge in [0.25, 0.3) is 5.91 Å². The van der Waals surface area contributed by atoms with Crippen molar-refractivity contribution in [2.24, 2.45) is 5.92 Å². The van der Waals surface area contributed by atoms with Gasteiger partial charge in [0, 0.05) is 31.1 Å². The van der Waals surface area contributed by atoms with Gasteiger partial charge in [-0.05, 0) is 41.5 Å². The number of likely N-dealkylation sites (tertiary alicyclic amines) is 1. The summed E-state index contributed by atoms with van der Waals surface area (Å²) in [6.07, 6.45) is 0. The number of halogens is 1. The van der Waals surface area contributed by atoms with Gasteiger partial charge in [0.1, 0.15) is 11.6 Å². The summed E-state index contributed by atoms with van der Waals surface area (Å²) in [6, 6.07) is 22.9. The minimum atomic E-state index is -0.382. The van der Waals surface area contributed by atoms with Crippen LogP contribution < -0.4 is 10.1 Å². The maximum absolute atomic E-state index is 13.2. The Morgan fingerprint density at radius 2 is 1.75 bits per heavy atom. The van der Waals surface area contributed by atoms with Crippen LogP contribution in [-0.4, -0.2) is 36.9 Å². The second-order valence-electron chi connectivity index (χ2n) is 7.91. The summed E-state index contributed by atoms with van der Waals surface area (Å²) in [7, 11) is 1.56. The molecule has 0 aromatic heterocycles. The molecule has 0 bridgehead atoms. The number of nitrogens with zero attached hydrogens (tertiary/aromatic N) is 1. The Bertz CT molecular complexity index is 1090. The lowest BCUT2D eigenvalue weighted by atomic mass is 9.88. The maximum atomic E-state index is 13.2. The number of nitrogens with one attached hydrogen (secondary N) is 1. The first kappa shape index (κ1) is 21.6. The molecule has 1 fully saturated rings. The number of carbonyl (C=O) groups is 2. The van der Waals surface area contributed by atoms with Gasteiger partial charge in [-0.2, -0.15) is 0 Å². The van der Waals surface area contributed by atoms with Crippen LogP contribution >= 0.6 is 0 Å². The molecule has 2 atom stereocenters. The number of amides is 2. The first-order valence-corrected chi connectivity index (χ1v) is 10.6. The molecule has 1 N–H and O–H groups in total. The van der Waals surface area contributed by atoms with E-state index in [1.165, 1.54) is 12.1 Å². The maximum Gasteiger partial charge on any atom is 0.254 e. The summed E-state index contributed by atoms with van der Waals surface area (Å²) in [5, 5.41) is 2.96. The third kappa shape index (κ3) is 4.80. The van der Waals surface area contributed by atoms with Crippen LogP contribution in [-0.2, 0) is 11.3 Å². The van der Waals surface area contributed by atoms with E-state index in [-0.39, 0.29) is 29.5 Å². The molecule has 3 aromatic carbocycles. The van der Waals surface area contributed by atoms with Crippen LogP contribution in [0, 0.1) is 11.7 Å². The van der Waals surface area contributed by atoms with E-state index in [4.69, 9.17) is 4.74 Å². The molecule has 0 spiro atoms. The predicted molar refractivity (Wildman–Crippen MR) is 120 cm³/mol. The third-order valence-corrected chi connectivity index (χ3v) is 5.87. The fourth-order valence-corrected chi connectivity index (χ4v) is 4.13. The second kappa shape index (κ2) is 9.64. The van der Waals surface area contributed by atoms with Crippen molar-refractivity contribution < 1.29 is 18.7 Å². The van der Waals surface area contributed by atoms with Crippen LogP contribution in [0.5, 0.6) is 5.75 Å². The van der Waals surface area contributed by atoms with Crippen LogP contribution in [0.15, 0.2) is 78.9 Å². The number of hydrogen-bond donors (Lipinski definition) is 1. The van der Waals surface area contributed by atoms with Crippen LogP contribution in [0.1, 0.15) is 27.4 Å². The van der Waals surface area contributed by atoms with E-state index in [0.717, 1.165) is 11.1 Å². The lowest BCUT2D eigenvalue weighted by Crippen LogP contribution is -2.35. The Labute approximate surface area is 186 Å². The highest BCUT2D eigenvalue weighted by molar-refractivity contribution is 5.95. The molecular weight excluding hydrogens is 407 g/mol. The molecule has 3 aromatic rings. The summed E-state index contributed by atoms with van der Waals surface area (Å²) in [5.41, 5.74) is 2.37. The van der Waals surface area contributed by atoms with Gasteiger partial charge in [-0.1, -0.05) is 48.5 Å². The van der Waals surface area contributed by atoms with Crippen molar-refractivity contribution in [2.75, 3.05) is 20.2 Å². The first-order chi connectivity index (χ1) is 15.5. The SMILES string of the molecule is COc1cccc(C(=O)N2C[C@@H](C(=O)NCc3ccc(F)cc3)[C@H](c3ccccc3)C2)c1. The van der Waals surface area contributed by atoms with Crippen molar-refractivity contribution in [2.45, 2.75) is 12.5 Å². The quantitative estimate of drug-likeness (QED) is 0.640. The monoisotopic (exact) mass is 432 g/mol. The Morgan fingerprint density at radius 3 is 2.47 bits per heavy atom. The molecule has 0 unspecified atom stereocenters. The molecule has 164 valence electrons. The van der Waals surface area contributed by atoms with Crippen LogP contribution in [0.4, 0.5) is 4.39 Å². The van der Waals surface area contributed by atoms with Crippen LogP contribution in [0.3, 0.4) is 0 Å². The minimum absolute atomic E-state index is 0.112. The highest BCUT2D eigenvalue weighted by atomic mass is 19.1. The summed E-state index contributed by atoms with van der Waals surface area (Å²) in [4.78, 5) is 28.0. The number of carbonyl (C=O) groups excluding carboxylic acids is 2. The Balaban J connectivity index is 1.52. The number of methoxy groups -OCH3 is 1. The van der Waals surface area contributed by atoms with E-state index in [2.05, 4.69) is 5.32 Å². The van der Waals surface area contributed by atoms with Gasteiger partial charge in [-0.25, -0.2) is 4.39 Å². The molecule has 5 nitrogen and oxygen atoms in total. The summed E-state index contributed by atoms with van der Waals surface area (Å²) in [5.74, 6) is -0.441. The molecule has 6 heteroatoms. The van der Waals surface area contributed by atoms with Crippen molar-refractivity contribution >= 4 is 11.8 Å². The van der Waals surface area contributed by atoms with Gasteiger partial charge in [-0.15, -0.1) is 0 Å². The molecule has 1 heterocycles. The normalized spacial score (nSPS) is 17.8. The lowest BCUT2D eigenvalue weighted by molar-refractivity contribution is -0.125. The molecule has 0 saturated carbocycles. The van der Waals surface area contributed by atoms with Crippen molar-refractivity contribution in [1.29, 1.82) is 0 Å². The summed E-state index contributed by atoms with van der Waals surface area (Å²) in [6.45, 7) is 1.08. The highest BCUT2D eigenvalue weighted by Gasteiger charge is 2.40. The van der Waals surface area contributed by atoms with E-state index in [9.17, 15) is 14.0 Å². The van der Waals surface area contributed by atoms with Gasteiger partial charge < -0.3 is 15.0 Å².